The molecular weight excluding hydrogens is 237 g/mol. The van der Waals surface area contributed by atoms with Gasteiger partial charge in [-0.3, -0.25) is 0 Å². The SMILES string of the molecule is CNC1CCCC(c2ccc(C)cc2Cl)C1F. The van der Waals surface area contributed by atoms with Gasteiger partial charge in [-0.15, -0.1) is 0 Å². The van der Waals surface area contributed by atoms with Gasteiger partial charge in [0.15, 0.2) is 0 Å². The zero-order valence-electron chi connectivity index (χ0n) is 10.3. The van der Waals surface area contributed by atoms with Gasteiger partial charge in [0.25, 0.3) is 0 Å². The Labute approximate surface area is 107 Å². The lowest BCUT2D eigenvalue weighted by Gasteiger charge is -2.33. The first-order chi connectivity index (χ1) is 8.13. The monoisotopic (exact) mass is 255 g/mol. The summed E-state index contributed by atoms with van der Waals surface area (Å²) in [5, 5.41) is 3.77. The number of alkyl halides is 1. The Hall–Kier alpha value is -0.600. The summed E-state index contributed by atoms with van der Waals surface area (Å²) in [6.07, 6.45) is 2.02. The van der Waals surface area contributed by atoms with Crippen LogP contribution in [0.5, 0.6) is 0 Å². The molecule has 0 bridgehead atoms. The number of rotatable bonds is 2. The molecule has 1 N–H and O–H groups in total. The molecule has 1 aliphatic rings. The van der Waals surface area contributed by atoms with Crippen LogP contribution >= 0.6 is 11.6 Å². The number of nitrogens with one attached hydrogen (secondary N) is 1. The Bertz CT molecular complexity index is 394. The van der Waals surface area contributed by atoms with E-state index >= 15 is 0 Å². The van der Waals surface area contributed by atoms with Crippen molar-refractivity contribution in [1.29, 1.82) is 0 Å². The van der Waals surface area contributed by atoms with Crippen molar-refractivity contribution in [3.05, 3.63) is 34.3 Å². The number of hydrogen-bond donors (Lipinski definition) is 1. The van der Waals surface area contributed by atoms with Gasteiger partial charge in [0.05, 0.1) is 0 Å². The molecule has 0 aromatic heterocycles. The Morgan fingerprint density at radius 1 is 1.35 bits per heavy atom. The lowest BCUT2D eigenvalue weighted by atomic mass is 9.79. The highest BCUT2D eigenvalue weighted by Crippen LogP contribution is 2.38. The lowest BCUT2D eigenvalue weighted by molar-refractivity contribution is 0.167. The van der Waals surface area contributed by atoms with Crippen LogP contribution in [0.1, 0.15) is 36.3 Å². The Balaban J connectivity index is 2.26. The van der Waals surface area contributed by atoms with Crippen LogP contribution in [-0.2, 0) is 0 Å². The largest absolute Gasteiger partial charge is 0.314 e. The van der Waals surface area contributed by atoms with Gasteiger partial charge in [-0.25, -0.2) is 4.39 Å². The average molecular weight is 256 g/mol. The van der Waals surface area contributed by atoms with E-state index in [0.717, 1.165) is 30.4 Å². The number of hydrogen-bond acceptors (Lipinski definition) is 1. The molecule has 1 aromatic rings. The van der Waals surface area contributed by atoms with Crippen LogP contribution in [0.3, 0.4) is 0 Å². The molecule has 3 atom stereocenters. The minimum Gasteiger partial charge on any atom is -0.314 e. The molecule has 3 heteroatoms. The van der Waals surface area contributed by atoms with Crippen LogP contribution in [0.2, 0.25) is 5.02 Å². The highest BCUT2D eigenvalue weighted by Gasteiger charge is 2.34. The highest BCUT2D eigenvalue weighted by molar-refractivity contribution is 6.31. The molecule has 17 heavy (non-hydrogen) atoms. The van der Waals surface area contributed by atoms with Crippen molar-refractivity contribution < 1.29 is 4.39 Å². The van der Waals surface area contributed by atoms with Gasteiger partial charge in [-0.1, -0.05) is 30.2 Å². The average Bonchev–Trinajstić information content (AvgIpc) is 2.30. The van der Waals surface area contributed by atoms with Gasteiger partial charge in [0, 0.05) is 17.0 Å². The third-order valence-corrected chi connectivity index (χ3v) is 4.05. The van der Waals surface area contributed by atoms with Gasteiger partial charge in [-0.05, 0) is 44.0 Å². The van der Waals surface area contributed by atoms with Gasteiger partial charge in [0.1, 0.15) is 6.17 Å². The minimum atomic E-state index is -0.839. The van der Waals surface area contributed by atoms with Crippen molar-refractivity contribution in [3.8, 4) is 0 Å². The van der Waals surface area contributed by atoms with Crippen LogP contribution in [0.4, 0.5) is 4.39 Å². The van der Waals surface area contributed by atoms with E-state index in [9.17, 15) is 4.39 Å². The van der Waals surface area contributed by atoms with E-state index in [1.165, 1.54) is 0 Å². The first-order valence-corrected chi connectivity index (χ1v) is 6.58. The summed E-state index contributed by atoms with van der Waals surface area (Å²) in [6, 6.07) is 5.88. The van der Waals surface area contributed by atoms with Crippen molar-refractivity contribution >= 4 is 11.6 Å². The minimum absolute atomic E-state index is 0.0360. The molecule has 1 nitrogen and oxygen atoms in total. The number of benzene rings is 1. The molecule has 2 rings (SSSR count). The van der Waals surface area contributed by atoms with E-state index in [1.807, 2.05) is 32.2 Å². The second-order valence-electron chi connectivity index (χ2n) is 4.90. The first-order valence-electron chi connectivity index (χ1n) is 6.21. The number of halogens is 2. The molecule has 0 aliphatic heterocycles. The van der Waals surface area contributed by atoms with Crippen LogP contribution in [0.15, 0.2) is 18.2 Å². The Morgan fingerprint density at radius 2 is 2.12 bits per heavy atom. The standard InChI is InChI=1S/C14H19ClFN/c1-9-6-7-10(12(15)8-9)11-4-3-5-13(17-2)14(11)16/h6-8,11,13-14,17H,3-5H2,1-2H3. The molecule has 94 valence electrons. The maximum Gasteiger partial charge on any atom is 0.122 e. The first kappa shape index (κ1) is 12.8. The predicted octanol–water partition coefficient (Wildman–Crippen LogP) is 3.84. The zero-order chi connectivity index (χ0) is 12.4. The van der Waals surface area contributed by atoms with Crippen molar-refractivity contribution in [2.45, 2.75) is 44.3 Å². The smallest absolute Gasteiger partial charge is 0.122 e. The van der Waals surface area contributed by atoms with Crippen LogP contribution in [-0.4, -0.2) is 19.3 Å². The van der Waals surface area contributed by atoms with Crippen molar-refractivity contribution in [2.24, 2.45) is 0 Å². The summed E-state index contributed by atoms with van der Waals surface area (Å²) in [5.74, 6) is -0.0608. The highest BCUT2D eigenvalue weighted by atomic mass is 35.5. The lowest BCUT2D eigenvalue weighted by Crippen LogP contribution is -2.41. The fourth-order valence-electron chi connectivity index (χ4n) is 2.72. The van der Waals surface area contributed by atoms with Gasteiger partial charge < -0.3 is 5.32 Å². The Kier molecular flexibility index (Phi) is 4.05. The Morgan fingerprint density at radius 3 is 2.76 bits per heavy atom. The molecule has 1 saturated carbocycles. The molecule has 1 fully saturated rings. The quantitative estimate of drug-likeness (QED) is 0.847. The molecule has 3 unspecified atom stereocenters. The van der Waals surface area contributed by atoms with Crippen LogP contribution < -0.4 is 5.32 Å². The second-order valence-corrected chi connectivity index (χ2v) is 5.31. The molecule has 0 amide bonds. The maximum absolute atomic E-state index is 14.4. The van der Waals surface area contributed by atoms with E-state index in [1.54, 1.807) is 0 Å². The normalized spacial score (nSPS) is 29.3. The fourth-order valence-corrected chi connectivity index (χ4v) is 3.10. The summed E-state index contributed by atoms with van der Waals surface area (Å²) >= 11 is 6.23. The molecule has 1 aliphatic carbocycles. The summed E-state index contributed by atoms with van der Waals surface area (Å²) in [5.41, 5.74) is 2.08. The van der Waals surface area contributed by atoms with Crippen molar-refractivity contribution in [3.63, 3.8) is 0 Å². The summed E-state index contributed by atoms with van der Waals surface area (Å²) < 4.78 is 14.4. The van der Waals surface area contributed by atoms with E-state index in [0.29, 0.717) is 5.02 Å². The summed E-state index contributed by atoms with van der Waals surface area (Å²) in [6.45, 7) is 2.00. The van der Waals surface area contributed by atoms with E-state index in [-0.39, 0.29) is 12.0 Å². The zero-order valence-corrected chi connectivity index (χ0v) is 11.1. The van der Waals surface area contributed by atoms with Gasteiger partial charge in [0.2, 0.25) is 0 Å². The predicted molar refractivity (Wildman–Crippen MR) is 70.5 cm³/mol. The maximum atomic E-state index is 14.4. The third-order valence-electron chi connectivity index (χ3n) is 3.73. The van der Waals surface area contributed by atoms with Gasteiger partial charge in [-0.2, -0.15) is 0 Å². The molecule has 0 saturated heterocycles. The molecular formula is C14H19ClFN. The molecule has 0 heterocycles. The topological polar surface area (TPSA) is 12.0 Å². The van der Waals surface area contributed by atoms with E-state index in [2.05, 4.69) is 5.32 Å². The third kappa shape index (κ3) is 2.63. The van der Waals surface area contributed by atoms with E-state index in [4.69, 9.17) is 11.6 Å². The number of aryl methyl sites for hydroxylation is 1. The van der Waals surface area contributed by atoms with Crippen molar-refractivity contribution in [2.75, 3.05) is 7.05 Å². The summed E-state index contributed by atoms with van der Waals surface area (Å²) in [4.78, 5) is 0. The fraction of sp³-hybridized carbons (Fsp3) is 0.571. The molecule has 0 spiro atoms. The van der Waals surface area contributed by atoms with E-state index < -0.39 is 6.17 Å². The van der Waals surface area contributed by atoms with Crippen molar-refractivity contribution in [1.82, 2.24) is 5.32 Å². The summed E-state index contributed by atoms with van der Waals surface area (Å²) in [7, 11) is 1.83. The second kappa shape index (κ2) is 5.36. The van der Waals surface area contributed by atoms with Crippen LogP contribution in [0, 0.1) is 6.92 Å². The molecule has 0 radical (unpaired) electrons. The van der Waals surface area contributed by atoms with Crippen LogP contribution in [0.25, 0.3) is 0 Å². The molecule has 1 aromatic carbocycles. The van der Waals surface area contributed by atoms with Gasteiger partial charge >= 0.3 is 0 Å².